The lowest BCUT2D eigenvalue weighted by atomic mass is 10.0. The third kappa shape index (κ3) is 9.09. The molecule has 7 nitrogen and oxygen atoms in total. The highest BCUT2D eigenvalue weighted by atomic mass is 35.5. The fourth-order valence-corrected chi connectivity index (χ4v) is 6.79. The van der Waals surface area contributed by atoms with Gasteiger partial charge in [0.2, 0.25) is 11.8 Å². The third-order valence-electron chi connectivity index (χ3n) is 7.72. The van der Waals surface area contributed by atoms with Crippen LogP contribution in [0.2, 0.25) is 10.0 Å². The number of carbonyl (C=O) groups excluding carboxylic acids is 2. The molecular weight excluding hydrogens is 686 g/mol. The van der Waals surface area contributed by atoms with Crippen molar-refractivity contribution >= 4 is 50.7 Å². The van der Waals surface area contributed by atoms with Crippen LogP contribution in [-0.4, -0.2) is 43.8 Å². The predicted octanol–water partition coefficient (Wildman–Crippen LogP) is 7.76. The van der Waals surface area contributed by atoms with Gasteiger partial charge in [-0.15, -0.1) is 0 Å². The molecule has 0 aromatic heterocycles. The summed E-state index contributed by atoms with van der Waals surface area (Å²) in [5, 5.41) is 2.58. The topological polar surface area (TPSA) is 86.8 Å². The molecule has 2 amide bonds. The van der Waals surface area contributed by atoms with Crippen molar-refractivity contribution < 1.29 is 31.2 Å². The number of hydrogen-bond donors (Lipinski definition) is 1. The molecule has 0 radical (unpaired) electrons. The highest BCUT2D eigenvalue weighted by molar-refractivity contribution is 7.92. The van der Waals surface area contributed by atoms with Gasteiger partial charge in [0, 0.05) is 24.0 Å². The van der Waals surface area contributed by atoms with Crippen LogP contribution in [0.5, 0.6) is 0 Å². The van der Waals surface area contributed by atoms with Crippen molar-refractivity contribution in [2.45, 2.75) is 56.4 Å². The van der Waals surface area contributed by atoms with E-state index in [1.54, 1.807) is 60.7 Å². The molecule has 2 atom stereocenters. The van der Waals surface area contributed by atoms with Crippen LogP contribution in [0.25, 0.3) is 0 Å². The number of sulfonamides is 1. The number of hydrogen-bond acceptors (Lipinski definition) is 4. The van der Waals surface area contributed by atoms with Gasteiger partial charge in [0.25, 0.3) is 10.0 Å². The van der Waals surface area contributed by atoms with E-state index < -0.39 is 56.9 Å². The summed E-state index contributed by atoms with van der Waals surface area (Å²) in [5.41, 5.74) is -0.513. The van der Waals surface area contributed by atoms with E-state index in [4.69, 9.17) is 23.2 Å². The van der Waals surface area contributed by atoms with Crippen molar-refractivity contribution in [2.24, 2.45) is 0 Å². The second-order valence-corrected chi connectivity index (χ2v) is 13.8. The van der Waals surface area contributed by atoms with Crippen LogP contribution < -0.4 is 9.62 Å². The van der Waals surface area contributed by atoms with Crippen molar-refractivity contribution in [3.8, 4) is 0 Å². The highest BCUT2D eigenvalue weighted by Crippen LogP contribution is 2.38. The molecule has 0 saturated heterocycles. The Bertz CT molecular complexity index is 1830. The molecule has 48 heavy (non-hydrogen) atoms. The zero-order valence-corrected chi connectivity index (χ0v) is 28.5. The van der Waals surface area contributed by atoms with Crippen molar-refractivity contribution in [3.63, 3.8) is 0 Å². The number of alkyl halides is 3. The van der Waals surface area contributed by atoms with Gasteiger partial charge in [-0.25, -0.2) is 8.42 Å². The van der Waals surface area contributed by atoms with Crippen LogP contribution >= 0.6 is 23.2 Å². The summed E-state index contributed by atoms with van der Waals surface area (Å²) >= 11 is 12.4. The Labute approximate surface area is 288 Å². The number of anilines is 1. The van der Waals surface area contributed by atoms with Crippen molar-refractivity contribution in [3.05, 3.63) is 130 Å². The van der Waals surface area contributed by atoms with Gasteiger partial charge in [-0.1, -0.05) is 96.9 Å². The zero-order chi connectivity index (χ0) is 35.1. The number of benzene rings is 4. The van der Waals surface area contributed by atoms with E-state index in [1.807, 2.05) is 13.8 Å². The predicted molar refractivity (Wildman–Crippen MR) is 181 cm³/mol. The van der Waals surface area contributed by atoms with Crippen LogP contribution in [-0.2, 0) is 38.8 Å². The average Bonchev–Trinajstić information content (AvgIpc) is 3.06. The molecule has 0 heterocycles. The Kier molecular flexibility index (Phi) is 12.2. The van der Waals surface area contributed by atoms with E-state index in [1.165, 1.54) is 29.2 Å². The molecular formula is C35H34Cl2F3N3O4S. The molecule has 0 spiro atoms. The molecule has 254 valence electrons. The molecule has 0 aliphatic carbocycles. The number of carbonyl (C=O) groups is 2. The first-order valence-electron chi connectivity index (χ1n) is 15.0. The Morgan fingerprint density at radius 2 is 1.46 bits per heavy atom. The summed E-state index contributed by atoms with van der Waals surface area (Å²) in [4.78, 5) is 29.4. The summed E-state index contributed by atoms with van der Waals surface area (Å²) < 4.78 is 70.5. The summed E-state index contributed by atoms with van der Waals surface area (Å²) in [7, 11) is -4.62. The van der Waals surface area contributed by atoms with Crippen molar-refractivity contribution in [2.75, 3.05) is 10.8 Å². The van der Waals surface area contributed by atoms with Gasteiger partial charge in [-0.2, -0.15) is 13.2 Å². The maximum atomic E-state index is 14.5. The molecule has 4 aromatic carbocycles. The Hall–Kier alpha value is -4.06. The maximum Gasteiger partial charge on any atom is 0.417 e. The lowest BCUT2D eigenvalue weighted by Crippen LogP contribution is -2.54. The van der Waals surface area contributed by atoms with Gasteiger partial charge >= 0.3 is 6.18 Å². The minimum Gasteiger partial charge on any atom is -0.352 e. The van der Waals surface area contributed by atoms with Gasteiger partial charge < -0.3 is 10.2 Å². The monoisotopic (exact) mass is 719 g/mol. The highest BCUT2D eigenvalue weighted by Gasteiger charge is 2.38. The number of nitrogens with one attached hydrogen (secondary N) is 1. The Morgan fingerprint density at radius 1 is 0.854 bits per heavy atom. The molecule has 0 aliphatic heterocycles. The molecule has 13 heteroatoms. The first-order valence-corrected chi connectivity index (χ1v) is 17.2. The molecule has 0 fully saturated rings. The standard InChI is InChI=1S/C35H34Cl2F3N3O4S/c1-3-24(2)41-34(45)32(20-25-12-6-4-7-13-25)42(22-26-14-10-11-17-30(26)36)33(44)23-43(48(46,47)28-15-8-5-9-16-28)27-18-19-31(37)29(21-27)35(38,39)40/h4-19,21,24,32H,3,20,22-23H2,1-2H3,(H,41,45)/t24-,32-/m1/s1. The van der Waals surface area contributed by atoms with E-state index in [0.29, 0.717) is 27.4 Å². The van der Waals surface area contributed by atoms with Crippen LogP contribution in [0.3, 0.4) is 0 Å². The van der Waals surface area contributed by atoms with Gasteiger partial charge in [-0.05, 0) is 60.9 Å². The normalized spacial score (nSPS) is 13.0. The first-order chi connectivity index (χ1) is 22.7. The van der Waals surface area contributed by atoms with Crippen LogP contribution in [0.15, 0.2) is 108 Å². The maximum absolute atomic E-state index is 14.5. The van der Waals surface area contributed by atoms with Gasteiger partial charge in [0.05, 0.1) is 21.2 Å². The third-order valence-corrected chi connectivity index (χ3v) is 10.2. The summed E-state index contributed by atoms with van der Waals surface area (Å²) in [6.07, 6.45) is -4.25. The molecule has 0 unspecified atom stereocenters. The van der Waals surface area contributed by atoms with Crippen molar-refractivity contribution in [1.82, 2.24) is 10.2 Å². The van der Waals surface area contributed by atoms with E-state index in [0.717, 1.165) is 17.7 Å². The molecule has 0 aliphatic rings. The number of halogens is 5. The van der Waals surface area contributed by atoms with Gasteiger partial charge in [0.1, 0.15) is 12.6 Å². The number of rotatable bonds is 13. The number of nitrogens with zero attached hydrogens (tertiary/aromatic N) is 2. The minimum absolute atomic E-state index is 0.0594. The lowest BCUT2D eigenvalue weighted by molar-refractivity contribution is -0.140. The van der Waals surface area contributed by atoms with Gasteiger partial charge in [0.15, 0.2) is 0 Å². The Balaban J connectivity index is 1.87. The second-order valence-electron chi connectivity index (χ2n) is 11.1. The average molecular weight is 721 g/mol. The summed E-state index contributed by atoms with van der Waals surface area (Å²) in [5.74, 6) is -1.34. The van der Waals surface area contributed by atoms with Crippen LogP contribution in [0, 0.1) is 0 Å². The first kappa shape index (κ1) is 36.8. The number of amides is 2. The fraction of sp³-hybridized carbons (Fsp3) is 0.257. The SMILES string of the molecule is CC[C@@H](C)NC(=O)[C@@H](Cc1ccccc1)N(Cc1ccccc1Cl)C(=O)CN(c1ccc(Cl)c(C(F)(F)F)c1)S(=O)(=O)c1ccccc1. The fourth-order valence-electron chi connectivity index (χ4n) is 4.94. The van der Waals surface area contributed by atoms with E-state index >= 15 is 0 Å². The Morgan fingerprint density at radius 3 is 2.06 bits per heavy atom. The van der Waals surface area contributed by atoms with E-state index in [2.05, 4.69) is 5.32 Å². The largest absolute Gasteiger partial charge is 0.417 e. The minimum atomic E-state index is -4.91. The molecule has 0 bridgehead atoms. The van der Waals surface area contributed by atoms with E-state index in [-0.39, 0.29) is 23.9 Å². The van der Waals surface area contributed by atoms with Gasteiger partial charge in [-0.3, -0.25) is 13.9 Å². The molecule has 4 aromatic rings. The smallest absolute Gasteiger partial charge is 0.352 e. The molecule has 4 rings (SSSR count). The quantitative estimate of drug-likeness (QED) is 0.153. The van der Waals surface area contributed by atoms with E-state index in [9.17, 15) is 31.2 Å². The van der Waals surface area contributed by atoms with Crippen LogP contribution in [0.4, 0.5) is 18.9 Å². The lowest BCUT2D eigenvalue weighted by Gasteiger charge is -2.34. The summed E-state index contributed by atoms with van der Waals surface area (Å²) in [6, 6.07) is 23.9. The van der Waals surface area contributed by atoms with Crippen LogP contribution in [0.1, 0.15) is 37.0 Å². The summed E-state index contributed by atoms with van der Waals surface area (Å²) in [6.45, 7) is 2.56. The molecule has 0 saturated carbocycles. The molecule has 1 N–H and O–H groups in total. The zero-order valence-electron chi connectivity index (χ0n) is 26.1. The van der Waals surface area contributed by atoms with Crippen molar-refractivity contribution in [1.29, 1.82) is 0 Å². The second kappa shape index (κ2) is 15.9.